The average Bonchev–Trinajstić information content (AvgIpc) is 2.72. The molecule has 0 radical (unpaired) electrons. The van der Waals surface area contributed by atoms with Gasteiger partial charge in [-0.25, -0.2) is 8.78 Å². The van der Waals surface area contributed by atoms with Crippen molar-refractivity contribution in [3.8, 4) is 0 Å². The minimum Gasteiger partial charge on any atom is -0.356 e. The molecule has 1 amide bonds. The Morgan fingerprint density at radius 2 is 1.89 bits per heavy atom. The van der Waals surface area contributed by atoms with E-state index in [1.165, 1.54) is 0 Å². The number of nitrogens with one attached hydrogen (secondary N) is 1. The summed E-state index contributed by atoms with van der Waals surface area (Å²) < 4.78 is 26.0. The minimum atomic E-state index is -2.56. The normalized spacial score (nSPS) is 32.4. The Labute approximate surface area is 106 Å². The molecule has 104 valence electrons. The molecule has 2 aliphatic carbocycles. The van der Waals surface area contributed by atoms with Gasteiger partial charge in [-0.05, 0) is 31.6 Å². The van der Waals surface area contributed by atoms with Crippen molar-refractivity contribution in [2.75, 3.05) is 6.54 Å². The highest BCUT2D eigenvalue weighted by molar-refractivity contribution is 5.78. The average molecular weight is 260 g/mol. The molecule has 2 unspecified atom stereocenters. The number of amides is 1. The second kappa shape index (κ2) is 5.51. The lowest BCUT2D eigenvalue weighted by Gasteiger charge is -2.28. The predicted octanol–water partition coefficient (Wildman–Crippen LogP) is 2.06. The van der Waals surface area contributed by atoms with E-state index in [1.807, 2.05) is 0 Å². The summed E-state index contributed by atoms with van der Waals surface area (Å²) in [6.45, 7) is 0.604. The van der Waals surface area contributed by atoms with E-state index < -0.39 is 5.92 Å². The van der Waals surface area contributed by atoms with Crippen LogP contribution in [-0.2, 0) is 4.79 Å². The highest BCUT2D eigenvalue weighted by Crippen LogP contribution is 2.36. The third-order valence-electron chi connectivity index (χ3n) is 4.34. The van der Waals surface area contributed by atoms with Crippen molar-refractivity contribution in [3.05, 3.63) is 0 Å². The number of rotatable bonds is 3. The molecule has 3 N–H and O–H groups in total. The first-order chi connectivity index (χ1) is 8.48. The highest BCUT2D eigenvalue weighted by Gasteiger charge is 2.37. The van der Waals surface area contributed by atoms with E-state index in [0.717, 1.165) is 19.3 Å². The van der Waals surface area contributed by atoms with Crippen molar-refractivity contribution in [2.45, 2.75) is 56.9 Å². The molecule has 0 aromatic rings. The number of nitrogens with two attached hydrogens (primary N) is 1. The van der Waals surface area contributed by atoms with Gasteiger partial charge >= 0.3 is 0 Å². The van der Waals surface area contributed by atoms with E-state index in [1.54, 1.807) is 0 Å². The molecule has 2 atom stereocenters. The maximum absolute atomic E-state index is 13.0. The molecule has 3 nitrogen and oxygen atoms in total. The van der Waals surface area contributed by atoms with Crippen LogP contribution >= 0.6 is 0 Å². The van der Waals surface area contributed by atoms with Crippen molar-refractivity contribution >= 4 is 5.91 Å². The van der Waals surface area contributed by atoms with Crippen molar-refractivity contribution in [2.24, 2.45) is 17.6 Å². The summed E-state index contributed by atoms with van der Waals surface area (Å²) in [6.07, 6.45) is 3.49. The Morgan fingerprint density at radius 3 is 2.44 bits per heavy atom. The van der Waals surface area contributed by atoms with Crippen LogP contribution in [-0.4, -0.2) is 24.4 Å². The van der Waals surface area contributed by atoms with Gasteiger partial charge in [0.1, 0.15) is 0 Å². The number of hydrogen-bond acceptors (Lipinski definition) is 2. The zero-order valence-corrected chi connectivity index (χ0v) is 10.6. The molecular formula is C13H22F2N2O. The fourth-order valence-corrected chi connectivity index (χ4v) is 3.00. The maximum Gasteiger partial charge on any atom is 0.248 e. The lowest BCUT2D eigenvalue weighted by molar-refractivity contribution is -0.129. The number of halogens is 2. The summed E-state index contributed by atoms with van der Waals surface area (Å²) in [5, 5.41) is 2.89. The van der Waals surface area contributed by atoms with E-state index in [2.05, 4.69) is 5.32 Å². The van der Waals surface area contributed by atoms with E-state index in [4.69, 9.17) is 5.73 Å². The quantitative estimate of drug-likeness (QED) is 0.816. The summed E-state index contributed by atoms with van der Waals surface area (Å²) in [4.78, 5) is 11.9. The fraction of sp³-hybridized carbons (Fsp3) is 0.923. The first-order valence-electron chi connectivity index (χ1n) is 6.89. The Morgan fingerprint density at radius 1 is 1.22 bits per heavy atom. The largest absolute Gasteiger partial charge is 0.356 e. The summed E-state index contributed by atoms with van der Waals surface area (Å²) in [6, 6.07) is 0.181. The predicted molar refractivity (Wildman–Crippen MR) is 65.2 cm³/mol. The van der Waals surface area contributed by atoms with Crippen molar-refractivity contribution < 1.29 is 13.6 Å². The van der Waals surface area contributed by atoms with Crippen LogP contribution in [0, 0.1) is 11.8 Å². The Balaban J connectivity index is 1.72. The van der Waals surface area contributed by atoms with Gasteiger partial charge in [-0.2, -0.15) is 0 Å². The molecule has 0 aromatic heterocycles. The zero-order chi connectivity index (χ0) is 13.2. The van der Waals surface area contributed by atoms with Gasteiger partial charge in [0.15, 0.2) is 0 Å². The number of carbonyl (C=O) groups excluding carboxylic acids is 1. The number of alkyl halides is 2. The van der Waals surface area contributed by atoms with Gasteiger partial charge in [0.2, 0.25) is 11.8 Å². The molecule has 0 aromatic carbocycles. The second-order valence-corrected chi connectivity index (χ2v) is 5.73. The maximum atomic E-state index is 13.0. The van der Waals surface area contributed by atoms with E-state index >= 15 is 0 Å². The van der Waals surface area contributed by atoms with Crippen LogP contribution in [0.15, 0.2) is 0 Å². The van der Waals surface area contributed by atoms with Crippen LogP contribution in [0.1, 0.15) is 44.9 Å². The van der Waals surface area contributed by atoms with Gasteiger partial charge in [0.25, 0.3) is 0 Å². The van der Waals surface area contributed by atoms with Crippen LogP contribution < -0.4 is 11.1 Å². The third-order valence-corrected chi connectivity index (χ3v) is 4.34. The molecule has 0 saturated heterocycles. The highest BCUT2D eigenvalue weighted by atomic mass is 19.3. The van der Waals surface area contributed by atoms with Crippen LogP contribution in [0.3, 0.4) is 0 Å². The van der Waals surface area contributed by atoms with Crippen LogP contribution in [0.2, 0.25) is 0 Å². The summed E-state index contributed by atoms with van der Waals surface area (Å²) >= 11 is 0. The van der Waals surface area contributed by atoms with Crippen molar-refractivity contribution in [1.82, 2.24) is 5.32 Å². The van der Waals surface area contributed by atoms with Crippen molar-refractivity contribution in [3.63, 3.8) is 0 Å². The molecule has 0 bridgehead atoms. The van der Waals surface area contributed by atoms with Crippen LogP contribution in [0.4, 0.5) is 8.78 Å². The minimum absolute atomic E-state index is 0.0652. The topological polar surface area (TPSA) is 55.1 Å². The van der Waals surface area contributed by atoms with Gasteiger partial charge in [-0.1, -0.05) is 6.42 Å². The van der Waals surface area contributed by atoms with E-state index in [9.17, 15) is 13.6 Å². The first kappa shape index (κ1) is 13.7. The molecule has 2 saturated carbocycles. The SMILES string of the molecule is NC1CCCC1CNC(=O)C1CCC(F)(F)CC1. The Hall–Kier alpha value is -0.710. The standard InChI is InChI=1S/C13H22F2N2O/c14-13(15)6-4-9(5-7-13)12(18)17-8-10-2-1-3-11(10)16/h9-11H,1-8,16H2,(H,17,18). The summed E-state index contributed by atoms with van der Waals surface area (Å²) in [5.74, 6) is -2.50. The molecule has 2 fully saturated rings. The monoisotopic (exact) mass is 260 g/mol. The van der Waals surface area contributed by atoms with Gasteiger partial charge in [-0.15, -0.1) is 0 Å². The lowest BCUT2D eigenvalue weighted by Crippen LogP contribution is -2.40. The third kappa shape index (κ3) is 3.40. The van der Waals surface area contributed by atoms with Gasteiger partial charge in [0.05, 0.1) is 0 Å². The molecule has 0 spiro atoms. The van der Waals surface area contributed by atoms with E-state index in [-0.39, 0.29) is 30.7 Å². The number of hydrogen-bond donors (Lipinski definition) is 2. The lowest BCUT2D eigenvalue weighted by atomic mass is 9.86. The first-order valence-corrected chi connectivity index (χ1v) is 6.89. The fourth-order valence-electron chi connectivity index (χ4n) is 3.00. The van der Waals surface area contributed by atoms with Gasteiger partial charge in [0, 0.05) is 31.3 Å². The zero-order valence-electron chi connectivity index (χ0n) is 10.6. The Kier molecular flexibility index (Phi) is 4.20. The molecule has 2 rings (SSSR count). The molecular weight excluding hydrogens is 238 g/mol. The summed E-state index contributed by atoms with van der Waals surface area (Å²) in [5.41, 5.74) is 5.93. The van der Waals surface area contributed by atoms with E-state index in [0.29, 0.717) is 25.3 Å². The molecule has 5 heteroatoms. The summed E-state index contributed by atoms with van der Waals surface area (Å²) in [7, 11) is 0. The molecule has 0 aliphatic heterocycles. The molecule has 0 heterocycles. The van der Waals surface area contributed by atoms with Crippen LogP contribution in [0.25, 0.3) is 0 Å². The molecule has 18 heavy (non-hydrogen) atoms. The van der Waals surface area contributed by atoms with Gasteiger partial charge < -0.3 is 11.1 Å². The number of carbonyl (C=O) groups is 1. The Bertz CT molecular complexity index is 299. The van der Waals surface area contributed by atoms with Gasteiger partial charge in [-0.3, -0.25) is 4.79 Å². The smallest absolute Gasteiger partial charge is 0.248 e. The molecule has 2 aliphatic rings. The second-order valence-electron chi connectivity index (χ2n) is 5.73. The van der Waals surface area contributed by atoms with Crippen LogP contribution in [0.5, 0.6) is 0 Å². The van der Waals surface area contributed by atoms with Crippen molar-refractivity contribution in [1.29, 1.82) is 0 Å².